The van der Waals surface area contributed by atoms with Crippen LogP contribution in [0.1, 0.15) is 0 Å². The van der Waals surface area contributed by atoms with Gasteiger partial charge in [-0.05, 0) is 36.6 Å². The van der Waals surface area contributed by atoms with Crippen LogP contribution in [0.25, 0.3) is 22.6 Å². The molecule has 0 radical (unpaired) electrons. The van der Waals surface area contributed by atoms with Crippen LogP contribution in [0.15, 0.2) is 51.9 Å². The molecular weight excluding hydrogens is 315 g/mol. The van der Waals surface area contributed by atoms with Crippen LogP contribution in [0.4, 0.5) is 10.1 Å². The lowest BCUT2D eigenvalue weighted by Gasteiger charge is -2.02. The number of nitrogens with one attached hydrogen (secondary N) is 1. The molecule has 0 saturated heterocycles. The summed E-state index contributed by atoms with van der Waals surface area (Å²) in [6.45, 7) is 0. The van der Waals surface area contributed by atoms with Gasteiger partial charge in [-0.2, -0.15) is 5.26 Å². The number of halogens is 1. The topological polar surface area (TPSA) is 74.2 Å². The first-order chi connectivity index (χ1) is 11.2. The largest absolute Gasteiger partial charge is 0.436 e. The third-order valence-electron chi connectivity index (χ3n) is 3.06. The number of thioether (sulfide) groups is 1. The van der Waals surface area contributed by atoms with Crippen molar-refractivity contribution in [3.8, 4) is 17.6 Å². The van der Waals surface area contributed by atoms with Crippen LogP contribution in [0.3, 0.4) is 0 Å². The average molecular weight is 326 g/mol. The van der Waals surface area contributed by atoms with Gasteiger partial charge in [0, 0.05) is 0 Å². The molecule has 114 valence electrons. The van der Waals surface area contributed by atoms with Crippen molar-refractivity contribution in [3.05, 3.63) is 48.3 Å². The molecule has 0 spiro atoms. The lowest BCUT2D eigenvalue weighted by Crippen LogP contribution is -2.12. The third-order valence-corrected chi connectivity index (χ3v) is 3.64. The van der Waals surface area contributed by atoms with Crippen molar-refractivity contribution in [1.82, 2.24) is 10.3 Å². The molecule has 5 nitrogen and oxygen atoms in total. The molecular formula is C16H11FN4OS. The smallest absolute Gasteiger partial charge is 0.230 e. The number of nitriles is 1. The number of hydrogen-bond donors (Lipinski definition) is 1. The lowest BCUT2D eigenvalue weighted by molar-refractivity contribution is 0.593. The quantitative estimate of drug-likeness (QED) is 0.333. The molecule has 1 heterocycles. The molecule has 3 rings (SSSR count). The summed E-state index contributed by atoms with van der Waals surface area (Å²) < 4.78 is 19.7. The highest BCUT2D eigenvalue weighted by Gasteiger charge is 2.13. The van der Waals surface area contributed by atoms with Crippen molar-refractivity contribution in [2.45, 2.75) is 0 Å². The number of oxazole rings is 1. The second kappa shape index (κ2) is 6.50. The highest BCUT2D eigenvalue weighted by atomic mass is 32.2. The number of aromatic nitrogens is 1. The Balaban J connectivity index is 2.05. The van der Waals surface area contributed by atoms with Crippen LogP contribution in [0, 0.1) is 17.3 Å². The summed E-state index contributed by atoms with van der Waals surface area (Å²) in [5.41, 5.74) is 1.97. The first kappa shape index (κ1) is 15.1. The van der Waals surface area contributed by atoms with Gasteiger partial charge in [0.15, 0.2) is 16.9 Å². The zero-order valence-electron chi connectivity index (χ0n) is 12.1. The van der Waals surface area contributed by atoms with E-state index in [4.69, 9.17) is 9.68 Å². The van der Waals surface area contributed by atoms with Crippen LogP contribution in [0.5, 0.6) is 0 Å². The number of para-hydroxylation sites is 2. The second-order valence-corrected chi connectivity index (χ2v) is 5.30. The number of fused-ring (bicyclic) bond motifs is 1. The van der Waals surface area contributed by atoms with E-state index in [2.05, 4.69) is 15.3 Å². The molecule has 0 aliphatic rings. The number of amidine groups is 1. The minimum atomic E-state index is -0.450. The zero-order chi connectivity index (χ0) is 16.2. The van der Waals surface area contributed by atoms with Crippen molar-refractivity contribution >= 4 is 33.7 Å². The monoisotopic (exact) mass is 326 g/mol. The maximum absolute atomic E-state index is 14.1. The molecule has 2 aromatic carbocycles. The molecule has 0 unspecified atom stereocenters. The Labute approximate surface area is 135 Å². The Kier molecular flexibility index (Phi) is 4.26. The van der Waals surface area contributed by atoms with Crippen LogP contribution >= 0.6 is 11.8 Å². The van der Waals surface area contributed by atoms with E-state index in [1.54, 1.807) is 18.4 Å². The van der Waals surface area contributed by atoms with Gasteiger partial charge in [0.25, 0.3) is 0 Å². The van der Waals surface area contributed by atoms with Gasteiger partial charge in [-0.15, -0.1) is 0 Å². The molecule has 1 aromatic heterocycles. The Morgan fingerprint density at radius 1 is 1.35 bits per heavy atom. The van der Waals surface area contributed by atoms with Gasteiger partial charge in [0.1, 0.15) is 11.3 Å². The fraction of sp³-hybridized carbons (Fsp3) is 0.0625. The number of benzene rings is 2. The van der Waals surface area contributed by atoms with Crippen molar-refractivity contribution in [3.63, 3.8) is 0 Å². The molecule has 0 saturated carbocycles. The first-order valence-electron chi connectivity index (χ1n) is 6.64. The fourth-order valence-corrected chi connectivity index (χ4v) is 2.37. The second-order valence-electron chi connectivity index (χ2n) is 4.51. The van der Waals surface area contributed by atoms with Gasteiger partial charge in [-0.25, -0.2) is 14.4 Å². The molecule has 0 atom stereocenters. The van der Waals surface area contributed by atoms with Gasteiger partial charge >= 0.3 is 0 Å². The Hall–Kier alpha value is -2.85. The van der Waals surface area contributed by atoms with E-state index in [1.165, 1.54) is 30.0 Å². The molecule has 0 aliphatic carbocycles. The predicted molar refractivity (Wildman–Crippen MR) is 88.8 cm³/mol. The van der Waals surface area contributed by atoms with Gasteiger partial charge in [0.05, 0.1) is 11.3 Å². The maximum Gasteiger partial charge on any atom is 0.230 e. The minimum Gasteiger partial charge on any atom is -0.436 e. The molecule has 0 fully saturated rings. The number of aliphatic imine (C=N–C) groups is 1. The number of hydrogen-bond acceptors (Lipinski definition) is 5. The van der Waals surface area contributed by atoms with Gasteiger partial charge < -0.3 is 4.42 Å². The summed E-state index contributed by atoms with van der Waals surface area (Å²) in [7, 11) is 0. The van der Waals surface area contributed by atoms with Gasteiger partial charge in [0.2, 0.25) is 5.89 Å². The van der Waals surface area contributed by atoms with Crippen molar-refractivity contribution in [2.24, 2.45) is 4.99 Å². The van der Waals surface area contributed by atoms with E-state index in [1.807, 2.05) is 18.3 Å². The third kappa shape index (κ3) is 3.17. The van der Waals surface area contributed by atoms with Crippen molar-refractivity contribution in [2.75, 3.05) is 6.26 Å². The van der Waals surface area contributed by atoms with E-state index >= 15 is 0 Å². The molecule has 0 aliphatic heterocycles. The molecule has 3 aromatic rings. The zero-order valence-corrected chi connectivity index (χ0v) is 12.9. The molecule has 0 bridgehead atoms. The van der Waals surface area contributed by atoms with Crippen LogP contribution in [-0.4, -0.2) is 16.4 Å². The van der Waals surface area contributed by atoms with Crippen molar-refractivity contribution < 1.29 is 8.81 Å². The number of nitrogens with zero attached hydrogens (tertiary/aromatic N) is 3. The van der Waals surface area contributed by atoms with Crippen LogP contribution in [0.2, 0.25) is 0 Å². The van der Waals surface area contributed by atoms with Crippen molar-refractivity contribution in [1.29, 1.82) is 5.26 Å². The van der Waals surface area contributed by atoms with Gasteiger partial charge in [-0.1, -0.05) is 23.9 Å². The highest BCUT2D eigenvalue weighted by Crippen LogP contribution is 2.29. The molecule has 7 heteroatoms. The summed E-state index contributed by atoms with van der Waals surface area (Å²) in [4.78, 5) is 8.55. The Morgan fingerprint density at radius 3 is 2.91 bits per heavy atom. The van der Waals surface area contributed by atoms with Gasteiger partial charge in [-0.3, -0.25) is 5.32 Å². The average Bonchev–Trinajstić information content (AvgIpc) is 2.99. The highest BCUT2D eigenvalue weighted by molar-refractivity contribution is 8.13. The van der Waals surface area contributed by atoms with E-state index in [-0.39, 0.29) is 11.5 Å². The summed E-state index contributed by atoms with van der Waals surface area (Å²) in [5, 5.41) is 11.5. The Bertz CT molecular complexity index is 896. The summed E-state index contributed by atoms with van der Waals surface area (Å²) in [6.07, 6.45) is 3.59. The van der Waals surface area contributed by atoms with E-state index < -0.39 is 5.82 Å². The molecule has 1 N–H and O–H groups in total. The van der Waals surface area contributed by atoms with Crippen LogP contribution < -0.4 is 5.32 Å². The molecule has 0 amide bonds. The summed E-state index contributed by atoms with van der Waals surface area (Å²) in [6, 6.07) is 11.6. The SMILES string of the molecule is CSC(=Nc1ccc(F)c(-c2nc3ccccc3o2)c1)NC#N. The molecule has 23 heavy (non-hydrogen) atoms. The fourth-order valence-electron chi connectivity index (χ4n) is 2.02. The van der Waals surface area contributed by atoms with E-state index in [9.17, 15) is 4.39 Å². The lowest BCUT2D eigenvalue weighted by atomic mass is 10.2. The maximum atomic E-state index is 14.1. The Morgan fingerprint density at radius 2 is 2.17 bits per heavy atom. The predicted octanol–water partition coefficient (Wildman–Crippen LogP) is 4.06. The normalized spacial score (nSPS) is 11.4. The first-order valence-corrected chi connectivity index (χ1v) is 7.87. The summed E-state index contributed by atoms with van der Waals surface area (Å²) >= 11 is 1.28. The summed E-state index contributed by atoms with van der Waals surface area (Å²) in [5.74, 6) is -0.255. The van der Waals surface area contributed by atoms with E-state index in [0.29, 0.717) is 22.0 Å². The minimum absolute atomic E-state index is 0.194. The number of rotatable bonds is 2. The van der Waals surface area contributed by atoms with Crippen LogP contribution in [-0.2, 0) is 0 Å². The standard InChI is InChI=1S/C16H11FN4OS/c1-23-16(19-9-18)20-10-6-7-12(17)11(8-10)15-21-13-4-2-3-5-14(13)22-15/h2-8H,1H3,(H,19,20). The van der Waals surface area contributed by atoms with E-state index in [0.717, 1.165) is 0 Å².